The van der Waals surface area contributed by atoms with Gasteiger partial charge in [-0.25, -0.2) is 9.59 Å². The smallest absolute Gasteiger partial charge is 0.338 e. The zero-order valence-electron chi connectivity index (χ0n) is 18.9. The predicted molar refractivity (Wildman–Crippen MR) is 122 cm³/mol. The van der Waals surface area contributed by atoms with E-state index in [4.69, 9.17) is 9.47 Å². The average molecular weight is 425 g/mol. The van der Waals surface area contributed by atoms with Gasteiger partial charge in [-0.1, -0.05) is 12.1 Å². The van der Waals surface area contributed by atoms with Crippen LogP contribution in [0.1, 0.15) is 52.1 Å². The summed E-state index contributed by atoms with van der Waals surface area (Å²) in [6, 6.07) is 11.6. The number of fused-ring (bicyclic) bond motifs is 2. The lowest BCUT2D eigenvalue weighted by molar-refractivity contribution is 0.0517. The van der Waals surface area contributed by atoms with Gasteiger partial charge in [0, 0.05) is 17.9 Å². The van der Waals surface area contributed by atoms with Crippen LogP contribution in [0.15, 0.2) is 36.4 Å². The summed E-state index contributed by atoms with van der Waals surface area (Å²) >= 11 is 0. The Bertz CT molecular complexity index is 870. The van der Waals surface area contributed by atoms with Crippen molar-refractivity contribution in [3.8, 4) is 0 Å². The average Bonchev–Trinajstić information content (AvgIpc) is 2.90. The number of hydrogen-bond acceptors (Lipinski definition) is 6. The molecule has 0 radical (unpaired) electrons. The highest BCUT2D eigenvalue weighted by atomic mass is 16.5. The highest BCUT2D eigenvalue weighted by molar-refractivity contribution is 5.93. The van der Waals surface area contributed by atoms with E-state index in [-0.39, 0.29) is 11.9 Å². The van der Waals surface area contributed by atoms with Gasteiger partial charge in [0.1, 0.15) is 0 Å². The van der Waals surface area contributed by atoms with Crippen molar-refractivity contribution in [3.63, 3.8) is 0 Å². The molecule has 6 nitrogen and oxygen atoms in total. The fourth-order valence-electron chi connectivity index (χ4n) is 3.92. The molecule has 0 unspecified atom stereocenters. The zero-order valence-corrected chi connectivity index (χ0v) is 18.9. The molecule has 3 rings (SSSR count). The minimum atomic E-state index is -0.316. The molecule has 2 aromatic rings. The summed E-state index contributed by atoms with van der Waals surface area (Å²) in [5.74, 6) is -0.633. The van der Waals surface area contributed by atoms with Crippen LogP contribution in [-0.4, -0.2) is 57.2 Å². The molecule has 31 heavy (non-hydrogen) atoms. The summed E-state index contributed by atoms with van der Waals surface area (Å²) < 4.78 is 10.4. The monoisotopic (exact) mass is 424 g/mol. The van der Waals surface area contributed by atoms with E-state index < -0.39 is 0 Å². The van der Waals surface area contributed by atoms with E-state index in [1.54, 1.807) is 0 Å². The lowest BCUT2D eigenvalue weighted by atomic mass is 10.0. The van der Waals surface area contributed by atoms with E-state index in [9.17, 15) is 9.59 Å². The molecule has 0 N–H and O–H groups in total. The lowest BCUT2D eigenvalue weighted by Gasteiger charge is -2.28. The second kappa shape index (κ2) is 10.4. The van der Waals surface area contributed by atoms with Crippen molar-refractivity contribution in [2.45, 2.75) is 33.1 Å². The van der Waals surface area contributed by atoms with Crippen molar-refractivity contribution < 1.29 is 19.1 Å². The molecule has 0 saturated heterocycles. The Morgan fingerprint density at radius 1 is 0.871 bits per heavy atom. The number of ether oxygens (including phenoxy) is 2. The maximum atomic E-state index is 12.4. The number of nitrogens with zero attached hydrogens (tertiary/aromatic N) is 2. The van der Waals surface area contributed by atoms with E-state index in [0.717, 1.165) is 43.7 Å². The van der Waals surface area contributed by atoms with Gasteiger partial charge in [0.25, 0.3) is 0 Å². The van der Waals surface area contributed by atoms with Gasteiger partial charge >= 0.3 is 11.9 Å². The SMILES string of the molecule is CCOC(=O)c1ccc2c(c1)N(CCCN(C)C)c1cc(C(=O)OCC)ccc1CC2. The first-order valence-electron chi connectivity index (χ1n) is 11.0. The Morgan fingerprint density at radius 2 is 1.35 bits per heavy atom. The Morgan fingerprint density at radius 3 is 1.77 bits per heavy atom. The molecular formula is C25H32N2O4. The van der Waals surface area contributed by atoms with E-state index in [2.05, 4.69) is 23.9 Å². The third-order valence-corrected chi connectivity index (χ3v) is 5.43. The molecule has 2 aromatic carbocycles. The van der Waals surface area contributed by atoms with Crippen LogP contribution in [0.3, 0.4) is 0 Å². The number of carbonyl (C=O) groups is 2. The van der Waals surface area contributed by atoms with Crippen molar-refractivity contribution in [2.75, 3.05) is 45.3 Å². The highest BCUT2D eigenvalue weighted by Crippen LogP contribution is 2.37. The van der Waals surface area contributed by atoms with Gasteiger partial charge in [0.15, 0.2) is 0 Å². The quantitative estimate of drug-likeness (QED) is 0.591. The molecule has 1 aliphatic heterocycles. The number of benzene rings is 2. The Hall–Kier alpha value is -2.86. The minimum absolute atomic E-state index is 0.316. The lowest BCUT2D eigenvalue weighted by Crippen LogP contribution is -2.24. The first kappa shape index (κ1) is 22.8. The summed E-state index contributed by atoms with van der Waals surface area (Å²) in [6.45, 7) is 6.01. The fourth-order valence-corrected chi connectivity index (χ4v) is 3.92. The zero-order chi connectivity index (χ0) is 22.4. The summed E-state index contributed by atoms with van der Waals surface area (Å²) in [4.78, 5) is 29.2. The molecule has 6 heteroatoms. The molecule has 0 aliphatic carbocycles. The first-order chi connectivity index (χ1) is 14.9. The maximum Gasteiger partial charge on any atom is 0.338 e. The van der Waals surface area contributed by atoms with E-state index >= 15 is 0 Å². The highest BCUT2D eigenvalue weighted by Gasteiger charge is 2.24. The van der Waals surface area contributed by atoms with Crippen molar-refractivity contribution in [1.29, 1.82) is 0 Å². The fraction of sp³-hybridized carbons (Fsp3) is 0.440. The second-order valence-corrected chi connectivity index (χ2v) is 7.94. The van der Waals surface area contributed by atoms with Gasteiger partial charge in [-0.15, -0.1) is 0 Å². The van der Waals surface area contributed by atoms with E-state index in [1.807, 2.05) is 50.2 Å². The molecule has 0 aromatic heterocycles. The molecule has 0 spiro atoms. The van der Waals surface area contributed by atoms with Crippen LogP contribution in [0, 0.1) is 0 Å². The van der Waals surface area contributed by atoms with Crippen LogP contribution in [0.5, 0.6) is 0 Å². The van der Waals surface area contributed by atoms with Crippen molar-refractivity contribution in [3.05, 3.63) is 58.7 Å². The maximum absolute atomic E-state index is 12.4. The largest absolute Gasteiger partial charge is 0.462 e. The van der Waals surface area contributed by atoms with Gasteiger partial charge in [0.05, 0.1) is 24.3 Å². The first-order valence-corrected chi connectivity index (χ1v) is 11.0. The predicted octanol–water partition coefficient (Wildman–Crippen LogP) is 4.23. The summed E-state index contributed by atoms with van der Waals surface area (Å²) in [5.41, 5.74) is 5.47. The molecule has 0 saturated carbocycles. The van der Waals surface area contributed by atoms with Gasteiger partial charge in [0.2, 0.25) is 0 Å². The number of carbonyl (C=O) groups excluding carboxylic acids is 2. The molecule has 166 valence electrons. The van der Waals surface area contributed by atoms with Gasteiger partial charge in [-0.3, -0.25) is 0 Å². The van der Waals surface area contributed by atoms with Crippen molar-refractivity contribution >= 4 is 23.3 Å². The van der Waals surface area contributed by atoms with E-state index in [0.29, 0.717) is 24.3 Å². The van der Waals surface area contributed by atoms with Gasteiger partial charge < -0.3 is 19.3 Å². The molecular weight excluding hydrogens is 392 g/mol. The van der Waals surface area contributed by atoms with Crippen LogP contribution in [0.2, 0.25) is 0 Å². The Balaban J connectivity index is 2.06. The number of aryl methyl sites for hydroxylation is 2. The molecule has 0 bridgehead atoms. The third-order valence-electron chi connectivity index (χ3n) is 5.43. The molecule has 1 heterocycles. The van der Waals surface area contributed by atoms with Crippen LogP contribution in [0.4, 0.5) is 11.4 Å². The van der Waals surface area contributed by atoms with Crippen LogP contribution in [0.25, 0.3) is 0 Å². The summed E-state index contributed by atoms with van der Waals surface area (Å²) in [7, 11) is 4.12. The summed E-state index contributed by atoms with van der Waals surface area (Å²) in [5, 5.41) is 0. The van der Waals surface area contributed by atoms with Gasteiger partial charge in [-0.2, -0.15) is 0 Å². The standard InChI is InChI=1S/C25H32N2O4/c1-5-30-24(28)20-12-10-18-8-9-19-11-13-21(25(29)31-6-2)17-23(19)27(22(18)16-20)15-7-14-26(3)4/h10-13,16-17H,5-9,14-15H2,1-4H3. The Labute approximate surface area is 184 Å². The van der Waals surface area contributed by atoms with Crippen LogP contribution in [-0.2, 0) is 22.3 Å². The Kier molecular flexibility index (Phi) is 7.69. The molecule has 0 fully saturated rings. The van der Waals surface area contributed by atoms with E-state index in [1.165, 1.54) is 11.1 Å². The van der Waals surface area contributed by atoms with Crippen LogP contribution < -0.4 is 4.90 Å². The molecule has 0 amide bonds. The number of esters is 2. The van der Waals surface area contributed by atoms with Crippen molar-refractivity contribution in [2.24, 2.45) is 0 Å². The van der Waals surface area contributed by atoms with Crippen LogP contribution >= 0.6 is 0 Å². The molecule has 1 aliphatic rings. The topological polar surface area (TPSA) is 59.1 Å². The number of hydrogen-bond donors (Lipinski definition) is 0. The number of anilines is 2. The molecule has 0 atom stereocenters. The normalized spacial score (nSPS) is 12.7. The third kappa shape index (κ3) is 5.44. The second-order valence-electron chi connectivity index (χ2n) is 7.94. The van der Waals surface area contributed by atoms with Gasteiger partial charge in [-0.05, 0) is 89.1 Å². The number of rotatable bonds is 8. The van der Waals surface area contributed by atoms with Crippen molar-refractivity contribution in [1.82, 2.24) is 4.90 Å². The minimum Gasteiger partial charge on any atom is -0.462 e. The summed E-state index contributed by atoms with van der Waals surface area (Å²) in [6.07, 6.45) is 2.68.